The van der Waals surface area contributed by atoms with Crippen molar-refractivity contribution < 1.29 is 9.18 Å². The summed E-state index contributed by atoms with van der Waals surface area (Å²) in [5.74, 6) is 0.266. The maximum Gasteiger partial charge on any atom is 0.229 e. The van der Waals surface area contributed by atoms with Gasteiger partial charge in [0.05, 0.1) is 6.42 Å². The molecule has 0 spiro atoms. The maximum absolute atomic E-state index is 13.9. The molecule has 1 aliphatic rings. The van der Waals surface area contributed by atoms with Crippen molar-refractivity contribution in [3.63, 3.8) is 0 Å². The van der Waals surface area contributed by atoms with Crippen LogP contribution < -0.4 is 10.2 Å². The van der Waals surface area contributed by atoms with Crippen molar-refractivity contribution in [2.24, 2.45) is 7.05 Å². The summed E-state index contributed by atoms with van der Waals surface area (Å²) in [6, 6.07) is 16.1. The molecular weight excluding hydrogens is 367 g/mol. The van der Waals surface area contributed by atoms with Crippen LogP contribution in [0.4, 0.5) is 15.9 Å². The lowest BCUT2D eigenvalue weighted by Gasteiger charge is -2.29. The van der Waals surface area contributed by atoms with Gasteiger partial charge >= 0.3 is 0 Å². The minimum absolute atomic E-state index is 0.0942. The Hall–Kier alpha value is -3.15. The average Bonchev–Trinajstić information content (AvgIpc) is 3.05. The van der Waals surface area contributed by atoms with Gasteiger partial charge in [-0.3, -0.25) is 9.48 Å². The maximum atomic E-state index is 13.9. The first-order valence-electron chi connectivity index (χ1n) is 10.0. The summed E-state index contributed by atoms with van der Waals surface area (Å²) in [4.78, 5) is 15.0. The summed E-state index contributed by atoms with van der Waals surface area (Å²) >= 11 is 0. The van der Waals surface area contributed by atoms with E-state index in [0.29, 0.717) is 23.5 Å². The molecule has 0 radical (unpaired) electrons. The first-order chi connectivity index (χ1) is 14.1. The summed E-state index contributed by atoms with van der Waals surface area (Å²) in [7, 11) is 1.81. The average molecular weight is 392 g/mol. The number of aryl methyl sites for hydroxylation is 1. The van der Waals surface area contributed by atoms with Crippen molar-refractivity contribution >= 4 is 17.4 Å². The predicted octanol–water partition coefficient (Wildman–Crippen LogP) is 4.40. The highest BCUT2D eigenvalue weighted by atomic mass is 19.1. The van der Waals surface area contributed by atoms with E-state index in [1.165, 1.54) is 18.6 Å². The van der Waals surface area contributed by atoms with Crippen LogP contribution in [0.25, 0.3) is 11.3 Å². The van der Waals surface area contributed by atoms with Crippen molar-refractivity contribution in [1.29, 1.82) is 0 Å². The summed E-state index contributed by atoms with van der Waals surface area (Å²) in [5.41, 5.74) is 3.24. The van der Waals surface area contributed by atoms with Crippen molar-refractivity contribution in [2.75, 3.05) is 23.3 Å². The molecule has 6 heteroatoms. The lowest BCUT2D eigenvalue weighted by Crippen LogP contribution is -2.31. The molecule has 4 rings (SSSR count). The van der Waals surface area contributed by atoms with E-state index >= 15 is 0 Å². The summed E-state index contributed by atoms with van der Waals surface area (Å²) in [6.07, 6.45) is 3.67. The molecule has 1 aromatic heterocycles. The Morgan fingerprint density at radius 1 is 1.07 bits per heavy atom. The third kappa shape index (κ3) is 4.31. The molecule has 5 nitrogen and oxygen atoms in total. The number of anilines is 2. The molecule has 0 bridgehead atoms. The molecule has 0 aliphatic carbocycles. The van der Waals surface area contributed by atoms with Gasteiger partial charge < -0.3 is 10.2 Å². The van der Waals surface area contributed by atoms with Crippen LogP contribution >= 0.6 is 0 Å². The minimum atomic E-state index is -0.299. The fraction of sp³-hybridized carbons (Fsp3) is 0.304. The van der Waals surface area contributed by atoms with E-state index in [1.54, 1.807) is 10.7 Å². The van der Waals surface area contributed by atoms with Crippen LogP contribution in [0.15, 0.2) is 54.6 Å². The number of benzene rings is 2. The number of nitrogens with one attached hydrogen (secondary N) is 1. The second kappa shape index (κ2) is 8.47. The van der Waals surface area contributed by atoms with Gasteiger partial charge in [0.2, 0.25) is 5.91 Å². The van der Waals surface area contributed by atoms with E-state index < -0.39 is 0 Å². The highest BCUT2D eigenvalue weighted by molar-refractivity contribution is 5.97. The molecular formula is C23H25FN4O. The van der Waals surface area contributed by atoms with Crippen molar-refractivity contribution in [3.05, 3.63) is 66.0 Å². The molecule has 1 fully saturated rings. The van der Waals surface area contributed by atoms with E-state index in [-0.39, 0.29) is 11.7 Å². The quantitative estimate of drug-likeness (QED) is 0.700. The monoisotopic (exact) mass is 392 g/mol. The zero-order valence-corrected chi connectivity index (χ0v) is 16.6. The summed E-state index contributed by atoms with van der Waals surface area (Å²) in [6.45, 7) is 1.80. The molecule has 150 valence electrons. The Morgan fingerprint density at radius 3 is 2.55 bits per heavy atom. The topological polar surface area (TPSA) is 50.2 Å². The predicted molar refractivity (Wildman–Crippen MR) is 113 cm³/mol. The molecule has 0 atom stereocenters. The zero-order chi connectivity index (χ0) is 20.2. The Morgan fingerprint density at radius 2 is 1.83 bits per heavy atom. The van der Waals surface area contributed by atoms with Crippen LogP contribution in [-0.2, 0) is 18.3 Å². The van der Waals surface area contributed by atoms with Crippen LogP contribution in [0.3, 0.4) is 0 Å². The fourth-order valence-corrected chi connectivity index (χ4v) is 3.86. The molecule has 3 aromatic rings. The molecule has 1 amide bonds. The van der Waals surface area contributed by atoms with Gasteiger partial charge in [0.25, 0.3) is 0 Å². The molecule has 0 unspecified atom stereocenters. The molecule has 1 N–H and O–H groups in total. The second-order valence-electron chi connectivity index (χ2n) is 7.44. The number of aromatic nitrogens is 2. The van der Waals surface area contributed by atoms with Gasteiger partial charge in [-0.1, -0.05) is 42.5 Å². The number of nitrogens with zero attached hydrogens (tertiary/aromatic N) is 3. The number of piperidine rings is 1. The van der Waals surface area contributed by atoms with E-state index in [1.807, 2.05) is 43.4 Å². The van der Waals surface area contributed by atoms with Crippen molar-refractivity contribution in [3.8, 4) is 11.3 Å². The van der Waals surface area contributed by atoms with E-state index in [2.05, 4.69) is 15.3 Å². The number of carbonyl (C=O) groups excluding carboxylic acids is 1. The first kappa shape index (κ1) is 19.2. The van der Waals surface area contributed by atoms with E-state index in [4.69, 9.17) is 0 Å². The Kier molecular flexibility index (Phi) is 5.60. The van der Waals surface area contributed by atoms with Gasteiger partial charge in [-0.2, -0.15) is 5.10 Å². The van der Waals surface area contributed by atoms with Crippen LogP contribution in [0, 0.1) is 5.82 Å². The van der Waals surface area contributed by atoms with Crippen LogP contribution in [-0.4, -0.2) is 28.8 Å². The summed E-state index contributed by atoms with van der Waals surface area (Å²) < 4.78 is 15.6. The van der Waals surface area contributed by atoms with Crippen molar-refractivity contribution in [2.45, 2.75) is 25.7 Å². The third-order valence-corrected chi connectivity index (χ3v) is 5.26. The van der Waals surface area contributed by atoms with Gasteiger partial charge in [-0.15, -0.1) is 0 Å². The highest BCUT2D eigenvalue weighted by Crippen LogP contribution is 2.38. The number of hydrogen-bond acceptors (Lipinski definition) is 3. The Bertz CT molecular complexity index is 993. The van der Waals surface area contributed by atoms with E-state index in [0.717, 1.165) is 37.2 Å². The lowest BCUT2D eigenvalue weighted by molar-refractivity contribution is -0.115. The standard InChI is InChI=1S/C23H25FN4O/c1-27-23(25-20(29)15-17-9-4-2-5-10-17)22(28-13-6-3-7-14-28)21(26-27)18-11-8-12-19(24)16-18/h2,4-5,8-12,16H,3,6-7,13-15H2,1H3,(H,25,29). The lowest BCUT2D eigenvalue weighted by atomic mass is 10.1. The molecule has 0 saturated carbocycles. The normalized spacial score (nSPS) is 14.1. The smallest absolute Gasteiger partial charge is 0.229 e. The number of rotatable bonds is 5. The number of hydrogen-bond donors (Lipinski definition) is 1. The van der Waals surface area contributed by atoms with Crippen LogP contribution in [0.1, 0.15) is 24.8 Å². The van der Waals surface area contributed by atoms with E-state index in [9.17, 15) is 9.18 Å². The highest BCUT2D eigenvalue weighted by Gasteiger charge is 2.25. The van der Waals surface area contributed by atoms with Crippen molar-refractivity contribution in [1.82, 2.24) is 9.78 Å². The Labute approximate surface area is 170 Å². The number of carbonyl (C=O) groups is 1. The minimum Gasteiger partial charge on any atom is -0.367 e. The Balaban J connectivity index is 1.69. The van der Waals surface area contributed by atoms with Gasteiger partial charge in [0.1, 0.15) is 17.2 Å². The zero-order valence-electron chi connectivity index (χ0n) is 16.6. The molecule has 2 aromatic carbocycles. The number of amides is 1. The van der Waals surface area contributed by atoms with Gasteiger partial charge in [-0.05, 0) is 37.0 Å². The van der Waals surface area contributed by atoms with Gasteiger partial charge in [-0.25, -0.2) is 4.39 Å². The summed E-state index contributed by atoms with van der Waals surface area (Å²) in [5, 5.41) is 7.71. The molecule has 2 heterocycles. The number of halogens is 1. The van der Waals surface area contributed by atoms with Gasteiger partial charge in [0.15, 0.2) is 5.82 Å². The molecule has 1 aliphatic heterocycles. The first-order valence-corrected chi connectivity index (χ1v) is 10.0. The largest absolute Gasteiger partial charge is 0.367 e. The fourth-order valence-electron chi connectivity index (χ4n) is 3.86. The SMILES string of the molecule is Cn1nc(-c2cccc(F)c2)c(N2CCCCC2)c1NC(=O)Cc1ccccc1. The molecule has 29 heavy (non-hydrogen) atoms. The second-order valence-corrected chi connectivity index (χ2v) is 7.44. The third-order valence-electron chi connectivity index (χ3n) is 5.26. The van der Waals surface area contributed by atoms with Gasteiger partial charge in [0, 0.05) is 25.7 Å². The van der Waals surface area contributed by atoms with Crippen LogP contribution in [0.2, 0.25) is 0 Å². The van der Waals surface area contributed by atoms with Crippen LogP contribution in [0.5, 0.6) is 0 Å². The molecule has 1 saturated heterocycles.